The van der Waals surface area contributed by atoms with E-state index in [0.29, 0.717) is 11.4 Å². The molecule has 128 valence electrons. The molecule has 0 amide bonds. The predicted octanol–water partition coefficient (Wildman–Crippen LogP) is 2.07. The molecule has 1 aromatic carbocycles. The second-order valence-corrected chi connectivity index (χ2v) is 5.22. The average Bonchev–Trinajstić information content (AvgIpc) is 3.39. The SMILES string of the molecule is O=C(OCc1nc(-c2cccnc2)no1)c1ccc(-n2cncn2)cc1. The van der Waals surface area contributed by atoms with E-state index in [1.54, 1.807) is 53.7 Å². The van der Waals surface area contributed by atoms with E-state index in [0.717, 1.165) is 11.3 Å². The molecule has 0 atom stereocenters. The van der Waals surface area contributed by atoms with Gasteiger partial charge >= 0.3 is 5.97 Å². The lowest BCUT2D eigenvalue weighted by Crippen LogP contribution is -2.06. The van der Waals surface area contributed by atoms with E-state index in [2.05, 4.69) is 25.2 Å². The standard InChI is InChI=1S/C17H12N6O3/c24-17(12-3-5-14(6-4-12)23-11-19-10-20-23)25-9-15-21-16(22-26-15)13-2-1-7-18-8-13/h1-8,10-11H,9H2. The summed E-state index contributed by atoms with van der Waals surface area (Å²) in [5.41, 5.74) is 1.91. The van der Waals surface area contributed by atoms with E-state index in [9.17, 15) is 4.79 Å². The maximum atomic E-state index is 12.1. The average molecular weight is 348 g/mol. The van der Waals surface area contributed by atoms with Crippen LogP contribution < -0.4 is 0 Å². The predicted molar refractivity (Wildman–Crippen MR) is 88.0 cm³/mol. The summed E-state index contributed by atoms with van der Waals surface area (Å²) >= 11 is 0. The third-order valence-electron chi connectivity index (χ3n) is 3.50. The molecule has 0 saturated heterocycles. The Morgan fingerprint density at radius 2 is 2.04 bits per heavy atom. The number of aromatic nitrogens is 6. The highest BCUT2D eigenvalue weighted by Gasteiger charge is 2.13. The number of ether oxygens (including phenoxy) is 1. The molecule has 0 spiro atoms. The zero-order valence-corrected chi connectivity index (χ0v) is 13.4. The zero-order chi connectivity index (χ0) is 17.8. The molecular weight excluding hydrogens is 336 g/mol. The van der Waals surface area contributed by atoms with Crippen molar-refractivity contribution in [3.8, 4) is 17.1 Å². The summed E-state index contributed by atoms with van der Waals surface area (Å²) in [6, 6.07) is 10.4. The van der Waals surface area contributed by atoms with Gasteiger partial charge in [0, 0.05) is 18.0 Å². The third kappa shape index (κ3) is 3.31. The lowest BCUT2D eigenvalue weighted by Gasteiger charge is -2.04. The van der Waals surface area contributed by atoms with E-state index in [1.165, 1.54) is 6.33 Å². The molecule has 0 N–H and O–H groups in total. The summed E-state index contributed by atoms with van der Waals surface area (Å²) in [5, 5.41) is 7.87. The van der Waals surface area contributed by atoms with Crippen molar-refractivity contribution >= 4 is 5.97 Å². The van der Waals surface area contributed by atoms with Gasteiger partial charge in [-0.25, -0.2) is 14.5 Å². The van der Waals surface area contributed by atoms with Gasteiger partial charge in [0.1, 0.15) is 12.7 Å². The van der Waals surface area contributed by atoms with Crippen LogP contribution in [0.1, 0.15) is 16.2 Å². The number of pyridine rings is 1. The first-order valence-electron chi connectivity index (χ1n) is 7.65. The van der Waals surface area contributed by atoms with Crippen LogP contribution in [0, 0.1) is 0 Å². The highest BCUT2D eigenvalue weighted by atomic mass is 16.6. The minimum atomic E-state index is -0.490. The topological polar surface area (TPSA) is 109 Å². The van der Waals surface area contributed by atoms with Crippen LogP contribution in [-0.2, 0) is 11.3 Å². The second-order valence-electron chi connectivity index (χ2n) is 5.22. The summed E-state index contributed by atoms with van der Waals surface area (Å²) in [5.74, 6) is 0.106. The Hall–Kier alpha value is -3.88. The lowest BCUT2D eigenvalue weighted by atomic mass is 10.2. The van der Waals surface area contributed by atoms with Gasteiger partial charge in [0.2, 0.25) is 5.82 Å². The summed E-state index contributed by atoms with van der Waals surface area (Å²) in [7, 11) is 0. The van der Waals surface area contributed by atoms with Crippen LogP contribution in [-0.4, -0.2) is 35.9 Å². The first-order valence-corrected chi connectivity index (χ1v) is 7.65. The minimum absolute atomic E-state index is 0.114. The number of carbonyl (C=O) groups is 1. The zero-order valence-electron chi connectivity index (χ0n) is 13.4. The van der Waals surface area contributed by atoms with Gasteiger partial charge in [0.15, 0.2) is 6.61 Å². The molecule has 4 aromatic rings. The van der Waals surface area contributed by atoms with Crippen LogP contribution in [0.5, 0.6) is 0 Å². The van der Waals surface area contributed by atoms with E-state index >= 15 is 0 Å². The summed E-state index contributed by atoms with van der Waals surface area (Å²) in [6.45, 7) is -0.114. The van der Waals surface area contributed by atoms with E-state index in [-0.39, 0.29) is 12.5 Å². The van der Waals surface area contributed by atoms with Crippen LogP contribution in [0.2, 0.25) is 0 Å². The highest BCUT2D eigenvalue weighted by molar-refractivity contribution is 5.89. The molecule has 9 heteroatoms. The van der Waals surface area contributed by atoms with Crippen LogP contribution in [0.4, 0.5) is 0 Å². The number of rotatable bonds is 5. The highest BCUT2D eigenvalue weighted by Crippen LogP contribution is 2.15. The van der Waals surface area contributed by atoms with Crippen LogP contribution in [0.15, 0.2) is 66.0 Å². The van der Waals surface area contributed by atoms with Gasteiger partial charge in [-0.3, -0.25) is 4.98 Å². The van der Waals surface area contributed by atoms with Crippen LogP contribution in [0.3, 0.4) is 0 Å². The van der Waals surface area contributed by atoms with Crippen LogP contribution >= 0.6 is 0 Å². The molecular formula is C17H12N6O3. The number of esters is 1. The molecule has 0 aliphatic carbocycles. The quantitative estimate of drug-likeness (QED) is 0.504. The molecule has 0 aliphatic heterocycles. The number of hydrogen-bond donors (Lipinski definition) is 0. The Morgan fingerprint density at radius 3 is 2.77 bits per heavy atom. The molecule has 9 nitrogen and oxygen atoms in total. The number of nitrogens with zero attached hydrogens (tertiary/aromatic N) is 6. The molecule has 0 bridgehead atoms. The molecule has 26 heavy (non-hydrogen) atoms. The van der Waals surface area contributed by atoms with Gasteiger partial charge < -0.3 is 9.26 Å². The monoisotopic (exact) mass is 348 g/mol. The van der Waals surface area contributed by atoms with Crippen molar-refractivity contribution in [1.29, 1.82) is 0 Å². The third-order valence-corrected chi connectivity index (χ3v) is 3.50. The van der Waals surface area contributed by atoms with Crippen molar-refractivity contribution in [3.63, 3.8) is 0 Å². The minimum Gasteiger partial charge on any atom is -0.452 e. The summed E-state index contributed by atoms with van der Waals surface area (Å²) < 4.78 is 11.9. The largest absolute Gasteiger partial charge is 0.452 e. The van der Waals surface area contributed by atoms with E-state index in [4.69, 9.17) is 9.26 Å². The fourth-order valence-electron chi connectivity index (χ4n) is 2.23. The molecule has 0 saturated carbocycles. The number of hydrogen-bond acceptors (Lipinski definition) is 8. The Bertz CT molecular complexity index is 997. The number of benzene rings is 1. The Balaban J connectivity index is 1.39. The molecule has 0 fully saturated rings. The normalized spacial score (nSPS) is 10.6. The molecule has 3 aromatic heterocycles. The molecule has 4 rings (SSSR count). The first-order chi connectivity index (χ1) is 12.8. The van der Waals surface area contributed by atoms with Crippen molar-refractivity contribution < 1.29 is 14.1 Å². The molecule has 0 radical (unpaired) electrons. The smallest absolute Gasteiger partial charge is 0.338 e. The summed E-state index contributed by atoms with van der Waals surface area (Å²) in [6.07, 6.45) is 6.28. The fraction of sp³-hybridized carbons (Fsp3) is 0.0588. The Morgan fingerprint density at radius 1 is 1.15 bits per heavy atom. The Labute approximate surface area is 147 Å². The van der Waals surface area contributed by atoms with E-state index in [1.807, 2.05) is 6.07 Å². The fourth-order valence-corrected chi connectivity index (χ4v) is 2.23. The molecule has 0 unspecified atom stereocenters. The summed E-state index contributed by atoms with van der Waals surface area (Å²) in [4.78, 5) is 24.2. The van der Waals surface area contributed by atoms with Crippen molar-refractivity contribution in [1.82, 2.24) is 29.9 Å². The van der Waals surface area contributed by atoms with Crippen LogP contribution in [0.25, 0.3) is 17.1 Å². The van der Waals surface area contributed by atoms with E-state index < -0.39 is 5.97 Å². The maximum Gasteiger partial charge on any atom is 0.338 e. The van der Waals surface area contributed by atoms with Gasteiger partial charge in [0.25, 0.3) is 5.89 Å². The first kappa shape index (κ1) is 15.6. The lowest BCUT2D eigenvalue weighted by molar-refractivity contribution is 0.0430. The van der Waals surface area contributed by atoms with Gasteiger partial charge in [-0.1, -0.05) is 5.16 Å². The van der Waals surface area contributed by atoms with Crippen molar-refractivity contribution in [3.05, 3.63) is 72.9 Å². The van der Waals surface area contributed by atoms with Gasteiger partial charge in [-0.15, -0.1) is 0 Å². The van der Waals surface area contributed by atoms with Crippen molar-refractivity contribution in [2.45, 2.75) is 6.61 Å². The Kier molecular flexibility index (Phi) is 4.17. The molecule has 0 aliphatic rings. The number of carbonyl (C=O) groups excluding carboxylic acids is 1. The van der Waals surface area contributed by atoms with Gasteiger partial charge in [-0.05, 0) is 36.4 Å². The van der Waals surface area contributed by atoms with Gasteiger partial charge in [0.05, 0.1) is 11.3 Å². The maximum absolute atomic E-state index is 12.1. The van der Waals surface area contributed by atoms with Gasteiger partial charge in [-0.2, -0.15) is 10.1 Å². The second kappa shape index (κ2) is 6.93. The van der Waals surface area contributed by atoms with Crippen molar-refractivity contribution in [2.75, 3.05) is 0 Å². The molecule has 3 heterocycles. The van der Waals surface area contributed by atoms with Crippen molar-refractivity contribution in [2.24, 2.45) is 0 Å².